The summed E-state index contributed by atoms with van der Waals surface area (Å²) in [5, 5.41) is 0.771. The Kier molecular flexibility index (Phi) is 7.14. The second-order valence-electron chi connectivity index (χ2n) is 6.39. The van der Waals surface area contributed by atoms with E-state index in [1.807, 2.05) is 74.4 Å². The number of hydrogen-bond acceptors (Lipinski definition) is 4. The van der Waals surface area contributed by atoms with Crippen molar-refractivity contribution in [3.05, 3.63) is 59.7 Å². The van der Waals surface area contributed by atoms with Gasteiger partial charge in [-0.15, -0.1) is 12.4 Å². The van der Waals surface area contributed by atoms with E-state index in [9.17, 15) is 4.79 Å². The van der Waals surface area contributed by atoms with Gasteiger partial charge in [-0.1, -0.05) is 41.7 Å². The maximum Gasteiger partial charge on any atom is 0.260 e. The molecule has 0 fully saturated rings. The van der Waals surface area contributed by atoms with Crippen LogP contribution >= 0.6 is 23.7 Å². The molecule has 0 aliphatic rings. The van der Waals surface area contributed by atoms with Crippen LogP contribution in [0.2, 0.25) is 0 Å². The van der Waals surface area contributed by atoms with Gasteiger partial charge in [0.15, 0.2) is 5.13 Å². The molecular formula is C20H24ClN3OS. The zero-order valence-corrected chi connectivity index (χ0v) is 16.9. The number of aryl methyl sites for hydroxylation is 1. The number of thiazole rings is 1. The third-order valence-corrected chi connectivity index (χ3v) is 5.18. The number of benzene rings is 2. The first-order valence-corrected chi connectivity index (χ1v) is 9.25. The molecule has 0 saturated carbocycles. The lowest BCUT2D eigenvalue weighted by atomic mass is 10.1. The summed E-state index contributed by atoms with van der Waals surface area (Å²) in [7, 11) is 4.09. The number of nitrogens with zero attached hydrogens (tertiary/aromatic N) is 3. The van der Waals surface area contributed by atoms with Crippen molar-refractivity contribution in [1.82, 2.24) is 9.88 Å². The van der Waals surface area contributed by atoms with Crippen LogP contribution in [0.15, 0.2) is 48.5 Å². The number of carbonyl (C=O) groups is 1. The summed E-state index contributed by atoms with van der Waals surface area (Å²) in [4.78, 5) is 21.9. The topological polar surface area (TPSA) is 36.4 Å². The minimum absolute atomic E-state index is 0. The predicted octanol–water partition coefficient (Wildman–Crippen LogP) is 4.63. The molecule has 0 saturated heterocycles. The maximum atomic E-state index is 13.2. The van der Waals surface area contributed by atoms with Gasteiger partial charge in [0.05, 0.1) is 10.2 Å². The first kappa shape index (κ1) is 20.4. The third kappa shape index (κ3) is 4.61. The lowest BCUT2D eigenvalue weighted by Gasteiger charge is -2.21. The molecule has 6 heteroatoms. The highest BCUT2D eigenvalue weighted by Gasteiger charge is 2.22. The van der Waals surface area contributed by atoms with Crippen LogP contribution in [0.1, 0.15) is 22.3 Å². The van der Waals surface area contributed by atoms with Gasteiger partial charge in [0.25, 0.3) is 5.91 Å². The standard InChI is InChI=1S/C20H23N3OS.ClH/c1-15-9-4-5-10-16(15)19(24)23(14-8-13-22(2)3)20-21-17-11-6-7-12-18(17)25-20;/h4-7,9-12H,8,13-14H2,1-3H3;1H. The number of fused-ring (bicyclic) bond motifs is 1. The van der Waals surface area contributed by atoms with Gasteiger partial charge in [0.2, 0.25) is 0 Å². The van der Waals surface area contributed by atoms with Crippen molar-refractivity contribution in [2.45, 2.75) is 13.3 Å². The largest absolute Gasteiger partial charge is 0.309 e. The monoisotopic (exact) mass is 389 g/mol. The normalized spacial score (nSPS) is 10.8. The van der Waals surface area contributed by atoms with Gasteiger partial charge in [-0.05, 0) is 57.7 Å². The summed E-state index contributed by atoms with van der Waals surface area (Å²) in [5.74, 6) is 0.0240. The molecule has 0 aliphatic carbocycles. The number of anilines is 1. The fraction of sp³-hybridized carbons (Fsp3) is 0.300. The van der Waals surface area contributed by atoms with Crippen molar-refractivity contribution >= 4 is 45.0 Å². The molecule has 1 aromatic heterocycles. The number of amides is 1. The van der Waals surface area contributed by atoms with Crippen LogP contribution in [0.25, 0.3) is 10.2 Å². The number of aromatic nitrogens is 1. The average Bonchev–Trinajstić information content (AvgIpc) is 3.02. The van der Waals surface area contributed by atoms with Gasteiger partial charge in [-0.3, -0.25) is 9.69 Å². The Labute approximate surface area is 164 Å². The number of rotatable bonds is 6. The van der Waals surface area contributed by atoms with E-state index in [-0.39, 0.29) is 18.3 Å². The van der Waals surface area contributed by atoms with E-state index in [0.29, 0.717) is 6.54 Å². The first-order valence-electron chi connectivity index (χ1n) is 8.44. The second kappa shape index (κ2) is 9.12. The molecule has 1 amide bonds. The van der Waals surface area contributed by atoms with Crippen molar-refractivity contribution in [1.29, 1.82) is 0 Å². The van der Waals surface area contributed by atoms with Crippen LogP contribution in [-0.4, -0.2) is 43.0 Å². The number of para-hydroxylation sites is 1. The van der Waals surface area contributed by atoms with E-state index >= 15 is 0 Å². The van der Waals surface area contributed by atoms with Crippen molar-refractivity contribution < 1.29 is 4.79 Å². The minimum Gasteiger partial charge on any atom is -0.309 e. The molecule has 0 aliphatic heterocycles. The number of hydrogen-bond donors (Lipinski definition) is 0. The van der Waals surface area contributed by atoms with Crippen LogP contribution in [0.4, 0.5) is 5.13 Å². The van der Waals surface area contributed by atoms with E-state index in [4.69, 9.17) is 4.98 Å². The summed E-state index contributed by atoms with van der Waals surface area (Å²) in [6.45, 7) is 3.57. The van der Waals surface area contributed by atoms with E-state index in [1.165, 1.54) is 0 Å². The Hall–Kier alpha value is -1.95. The highest BCUT2D eigenvalue weighted by molar-refractivity contribution is 7.22. The SMILES string of the molecule is Cc1ccccc1C(=O)N(CCCN(C)C)c1nc2ccccc2s1.Cl. The van der Waals surface area contributed by atoms with E-state index in [1.54, 1.807) is 11.3 Å². The first-order chi connectivity index (χ1) is 12.1. The zero-order chi connectivity index (χ0) is 17.8. The minimum atomic E-state index is 0. The lowest BCUT2D eigenvalue weighted by Crippen LogP contribution is -2.33. The summed E-state index contributed by atoms with van der Waals surface area (Å²) >= 11 is 1.57. The zero-order valence-electron chi connectivity index (χ0n) is 15.3. The van der Waals surface area contributed by atoms with Gasteiger partial charge >= 0.3 is 0 Å². The molecule has 3 aromatic rings. The van der Waals surface area contributed by atoms with E-state index < -0.39 is 0 Å². The Bertz CT molecular complexity index is 845. The average molecular weight is 390 g/mol. The van der Waals surface area contributed by atoms with Gasteiger partial charge in [-0.25, -0.2) is 4.98 Å². The summed E-state index contributed by atoms with van der Waals surface area (Å²) < 4.78 is 1.10. The molecule has 0 bridgehead atoms. The number of halogens is 1. The molecule has 0 radical (unpaired) electrons. The summed E-state index contributed by atoms with van der Waals surface area (Å²) in [5.41, 5.74) is 2.68. The fourth-order valence-electron chi connectivity index (χ4n) is 2.76. The Morgan fingerprint density at radius 2 is 1.73 bits per heavy atom. The second-order valence-corrected chi connectivity index (χ2v) is 7.40. The molecular weight excluding hydrogens is 366 g/mol. The van der Waals surface area contributed by atoms with Gasteiger partial charge in [0.1, 0.15) is 0 Å². The van der Waals surface area contributed by atoms with E-state index in [0.717, 1.165) is 39.4 Å². The molecule has 1 heterocycles. The molecule has 138 valence electrons. The predicted molar refractivity (Wildman–Crippen MR) is 113 cm³/mol. The lowest BCUT2D eigenvalue weighted by molar-refractivity contribution is 0.0985. The van der Waals surface area contributed by atoms with Crippen molar-refractivity contribution in [2.24, 2.45) is 0 Å². The maximum absolute atomic E-state index is 13.2. The molecule has 2 aromatic carbocycles. The third-order valence-electron chi connectivity index (χ3n) is 4.12. The molecule has 0 spiro atoms. The summed E-state index contributed by atoms with van der Waals surface area (Å²) in [6, 6.07) is 15.8. The quantitative estimate of drug-likeness (QED) is 0.617. The Morgan fingerprint density at radius 1 is 1.04 bits per heavy atom. The van der Waals surface area contributed by atoms with Crippen LogP contribution in [0, 0.1) is 6.92 Å². The molecule has 4 nitrogen and oxygen atoms in total. The van der Waals surface area contributed by atoms with Gasteiger partial charge in [-0.2, -0.15) is 0 Å². The van der Waals surface area contributed by atoms with Gasteiger partial charge in [0, 0.05) is 12.1 Å². The van der Waals surface area contributed by atoms with Crippen LogP contribution in [0.3, 0.4) is 0 Å². The van der Waals surface area contributed by atoms with Crippen molar-refractivity contribution in [3.8, 4) is 0 Å². The summed E-state index contributed by atoms with van der Waals surface area (Å²) in [6.07, 6.45) is 0.903. The Morgan fingerprint density at radius 3 is 2.42 bits per heavy atom. The molecule has 0 atom stereocenters. The molecule has 3 rings (SSSR count). The fourth-order valence-corrected chi connectivity index (χ4v) is 3.75. The number of carbonyl (C=O) groups excluding carboxylic acids is 1. The smallest absolute Gasteiger partial charge is 0.260 e. The highest BCUT2D eigenvalue weighted by atomic mass is 35.5. The van der Waals surface area contributed by atoms with Gasteiger partial charge < -0.3 is 4.90 Å². The van der Waals surface area contributed by atoms with Crippen molar-refractivity contribution in [3.63, 3.8) is 0 Å². The van der Waals surface area contributed by atoms with Crippen LogP contribution in [0.5, 0.6) is 0 Å². The van der Waals surface area contributed by atoms with Crippen LogP contribution < -0.4 is 4.90 Å². The Balaban J connectivity index is 0.00000243. The molecule has 26 heavy (non-hydrogen) atoms. The molecule has 0 unspecified atom stereocenters. The van der Waals surface area contributed by atoms with Crippen LogP contribution in [-0.2, 0) is 0 Å². The molecule has 0 N–H and O–H groups in total. The highest BCUT2D eigenvalue weighted by Crippen LogP contribution is 2.30. The van der Waals surface area contributed by atoms with Crippen molar-refractivity contribution in [2.75, 3.05) is 32.1 Å². The van der Waals surface area contributed by atoms with E-state index in [2.05, 4.69) is 4.90 Å².